The van der Waals surface area contributed by atoms with Gasteiger partial charge in [-0.05, 0) is 24.5 Å². The lowest BCUT2D eigenvalue weighted by Gasteiger charge is -2.11. The SMILES string of the molecule is Cc1nnsc1C(O)c1cccc(Cl)c1Cl. The number of benzene rings is 1. The first-order valence-corrected chi connectivity index (χ1v) is 6.05. The molecule has 0 fully saturated rings. The number of aromatic nitrogens is 2. The van der Waals surface area contributed by atoms with Gasteiger partial charge >= 0.3 is 0 Å². The first-order chi connectivity index (χ1) is 7.61. The third kappa shape index (κ3) is 2.06. The fourth-order valence-electron chi connectivity index (χ4n) is 1.36. The van der Waals surface area contributed by atoms with E-state index in [-0.39, 0.29) is 0 Å². The highest BCUT2D eigenvalue weighted by Crippen LogP contribution is 2.34. The summed E-state index contributed by atoms with van der Waals surface area (Å²) in [5, 5.41) is 14.8. The topological polar surface area (TPSA) is 46.0 Å². The number of aliphatic hydroxyl groups is 1. The molecule has 0 aliphatic carbocycles. The Labute approximate surface area is 107 Å². The average Bonchev–Trinajstić information content (AvgIpc) is 2.68. The monoisotopic (exact) mass is 274 g/mol. The Morgan fingerprint density at radius 2 is 2.12 bits per heavy atom. The Bertz CT molecular complexity index is 515. The van der Waals surface area contributed by atoms with Crippen molar-refractivity contribution >= 4 is 34.7 Å². The molecule has 1 aromatic heterocycles. The van der Waals surface area contributed by atoms with Crippen molar-refractivity contribution in [2.75, 3.05) is 0 Å². The van der Waals surface area contributed by atoms with Gasteiger partial charge in [0.2, 0.25) is 0 Å². The van der Waals surface area contributed by atoms with Crippen molar-refractivity contribution in [1.82, 2.24) is 9.59 Å². The minimum atomic E-state index is -0.828. The van der Waals surface area contributed by atoms with Crippen molar-refractivity contribution in [3.63, 3.8) is 0 Å². The van der Waals surface area contributed by atoms with E-state index in [9.17, 15) is 5.11 Å². The Morgan fingerprint density at radius 3 is 2.75 bits per heavy atom. The largest absolute Gasteiger partial charge is 0.383 e. The normalized spacial score (nSPS) is 12.8. The fraction of sp³-hybridized carbons (Fsp3) is 0.200. The van der Waals surface area contributed by atoms with Crippen LogP contribution >= 0.6 is 34.7 Å². The van der Waals surface area contributed by atoms with Crippen LogP contribution in [0.3, 0.4) is 0 Å². The van der Waals surface area contributed by atoms with E-state index < -0.39 is 6.10 Å². The lowest BCUT2D eigenvalue weighted by molar-refractivity contribution is 0.223. The zero-order valence-corrected chi connectivity index (χ0v) is 10.6. The standard InChI is InChI=1S/C10H8Cl2N2OS/c1-5-10(16-14-13-5)9(15)6-3-2-4-7(11)8(6)12/h2-4,9,15H,1H3. The summed E-state index contributed by atoms with van der Waals surface area (Å²) in [7, 11) is 0. The van der Waals surface area contributed by atoms with Crippen LogP contribution in [0.15, 0.2) is 18.2 Å². The highest BCUT2D eigenvalue weighted by molar-refractivity contribution is 7.05. The molecule has 16 heavy (non-hydrogen) atoms. The third-order valence-corrected chi connectivity index (χ3v) is 3.92. The van der Waals surface area contributed by atoms with Gasteiger partial charge in [0, 0.05) is 5.56 Å². The lowest BCUT2D eigenvalue weighted by atomic mass is 10.1. The Hall–Kier alpha value is -0.680. The second-order valence-electron chi connectivity index (χ2n) is 3.27. The van der Waals surface area contributed by atoms with Crippen LogP contribution in [0.25, 0.3) is 0 Å². The quantitative estimate of drug-likeness (QED) is 0.915. The fourth-order valence-corrected chi connectivity index (χ4v) is 2.42. The minimum Gasteiger partial charge on any atom is -0.383 e. The van der Waals surface area contributed by atoms with Gasteiger partial charge in [0.05, 0.1) is 20.6 Å². The second-order valence-corrected chi connectivity index (χ2v) is 4.84. The molecule has 2 rings (SSSR count). The molecule has 0 spiro atoms. The number of hydrogen-bond acceptors (Lipinski definition) is 4. The average molecular weight is 275 g/mol. The maximum atomic E-state index is 10.2. The number of halogens is 2. The van der Waals surface area contributed by atoms with E-state index >= 15 is 0 Å². The minimum absolute atomic E-state index is 0.365. The van der Waals surface area contributed by atoms with E-state index in [1.807, 2.05) is 0 Å². The summed E-state index contributed by atoms with van der Waals surface area (Å²) < 4.78 is 3.78. The van der Waals surface area contributed by atoms with Crippen molar-refractivity contribution < 1.29 is 5.11 Å². The molecule has 0 aliphatic rings. The van der Waals surface area contributed by atoms with Crippen molar-refractivity contribution in [1.29, 1.82) is 0 Å². The van der Waals surface area contributed by atoms with Crippen LogP contribution in [0.5, 0.6) is 0 Å². The third-order valence-electron chi connectivity index (χ3n) is 2.21. The highest BCUT2D eigenvalue weighted by atomic mass is 35.5. The van der Waals surface area contributed by atoms with E-state index in [1.54, 1.807) is 25.1 Å². The molecule has 0 saturated carbocycles. The molecule has 0 aliphatic heterocycles. The molecular weight excluding hydrogens is 267 g/mol. The van der Waals surface area contributed by atoms with E-state index in [2.05, 4.69) is 9.59 Å². The molecule has 84 valence electrons. The Balaban J connectivity index is 2.46. The van der Waals surface area contributed by atoms with Gasteiger partial charge in [-0.2, -0.15) is 0 Å². The summed E-state index contributed by atoms with van der Waals surface area (Å²) in [5.41, 5.74) is 1.27. The summed E-state index contributed by atoms with van der Waals surface area (Å²) in [6.07, 6.45) is -0.828. The molecule has 0 bridgehead atoms. The molecule has 1 unspecified atom stereocenters. The van der Waals surface area contributed by atoms with E-state index in [4.69, 9.17) is 23.2 Å². The van der Waals surface area contributed by atoms with E-state index in [0.29, 0.717) is 26.2 Å². The highest BCUT2D eigenvalue weighted by Gasteiger charge is 2.19. The van der Waals surface area contributed by atoms with Crippen LogP contribution in [0.4, 0.5) is 0 Å². The van der Waals surface area contributed by atoms with Crippen LogP contribution in [0.2, 0.25) is 10.0 Å². The molecule has 3 nitrogen and oxygen atoms in total. The van der Waals surface area contributed by atoms with Crippen molar-refractivity contribution in [2.45, 2.75) is 13.0 Å². The summed E-state index contributed by atoms with van der Waals surface area (Å²) in [6.45, 7) is 1.79. The van der Waals surface area contributed by atoms with E-state index in [1.165, 1.54) is 0 Å². The number of aryl methyl sites for hydroxylation is 1. The first-order valence-electron chi connectivity index (χ1n) is 4.52. The van der Waals surface area contributed by atoms with Crippen molar-refractivity contribution in [3.05, 3.63) is 44.4 Å². The van der Waals surface area contributed by atoms with Crippen molar-refractivity contribution in [3.8, 4) is 0 Å². The molecular formula is C10H8Cl2N2OS. The summed E-state index contributed by atoms with van der Waals surface area (Å²) in [4.78, 5) is 0.684. The maximum absolute atomic E-state index is 10.2. The first kappa shape index (κ1) is 11.8. The Morgan fingerprint density at radius 1 is 1.38 bits per heavy atom. The van der Waals surface area contributed by atoms with Gasteiger partial charge in [0.15, 0.2) is 0 Å². The zero-order valence-electron chi connectivity index (χ0n) is 8.32. The van der Waals surface area contributed by atoms with Gasteiger partial charge < -0.3 is 5.11 Å². The van der Waals surface area contributed by atoms with Gasteiger partial charge in [0.25, 0.3) is 0 Å². The molecule has 1 aromatic carbocycles. The van der Waals surface area contributed by atoms with Crippen LogP contribution in [-0.4, -0.2) is 14.7 Å². The molecule has 6 heteroatoms. The number of rotatable bonds is 2. The van der Waals surface area contributed by atoms with Gasteiger partial charge in [-0.1, -0.05) is 39.8 Å². The summed E-state index contributed by atoms with van der Waals surface area (Å²) in [6, 6.07) is 5.16. The predicted octanol–water partition coefficient (Wildman–Crippen LogP) is 3.24. The van der Waals surface area contributed by atoms with Gasteiger partial charge in [-0.25, -0.2) is 0 Å². The number of hydrogen-bond donors (Lipinski definition) is 1. The summed E-state index contributed by atoms with van der Waals surface area (Å²) >= 11 is 13.1. The zero-order chi connectivity index (χ0) is 11.7. The smallest absolute Gasteiger partial charge is 0.118 e. The second kappa shape index (κ2) is 4.67. The molecule has 0 saturated heterocycles. The van der Waals surface area contributed by atoms with Crippen LogP contribution in [0.1, 0.15) is 22.2 Å². The predicted molar refractivity (Wildman–Crippen MR) is 65.2 cm³/mol. The molecule has 1 N–H and O–H groups in total. The molecule has 0 radical (unpaired) electrons. The molecule has 0 amide bonds. The van der Waals surface area contributed by atoms with Crippen LogP contribution < -0.4 is 0 Å². The number of aliphatic hydroxyl groups excluding tert-OH is 1. The lowest BCUT2D eigenvalue weighted by Crippen LogP contribution is -2.00. The van der Waals surface area contributed by atoms with Crippen molar-refractivity contribution in [2.24, 2.45) is 0 Å². The maximum Gasteiger partial charge on any atom is 0.118 e. The van der Waals surface area contributed by atoms with Gasteiger partial charge in [-0.15, -0.1) is 5.10 Å². The summed E-state index contributed by atoms with van der Waals surface area (Å²) in [5.74, 6) is 0. The molecule has 1 atom stereocenters. The van der Waals surface area contributed by atoms with Gasteiger partial charge in [0.1, 0.15) is 6.10 Å². The van der Waals surface area contributed by atoms with Crippen LogP contribution in [0, 0.1) is 6.92 Å². The van der Waals surface area contributed by atoms with Crippen LogP contribution in [-0.2, 0) is 0 Å². The number of nitrogens with zero attached hydrogens (tertiary/aromatic N) is 2. The Kier molecular flexibility index (Phi) is 3.44. The van der Waals surface area contributed by atoms with Gasteiger partial charge in [-0.3, -0.25) is 0 Å². The molecule has 1 heterocycles. The molecule has 2 aromatic rings. The van der Waals surface area contributed by atoms with E-state index in [0.717, 1.165) is 11.5 Å².